The van der Waals surface area contributed by atoms with E-state index in [1.54, 1.807) is 0 Å². The van der Waals surface area contributed by atoms with Crippen LogP contribution in [0.5, 0.6) is 0 Å². The van der Waals surface area contributed by atoms with Crippen molar-refractivity contribution in [1.29, 1.82) is 0 Å². The van der Waals surface area contributed by atoms with Gasteiger partial charge in [-0.05, 0) is 6.42 Å². The van der Waals surface area contributed by atoms with Gasteiger partial charge in [-0.15, -0.1) is 0 Å². The molecule has 184 valence electrons. The highest BCUT2D eigenvalue weighted by atomic mass is 32.3. The molecule has 1 heterocycles. The second-order valence-electron chi connectivity index (χ2n) is 8.56. The molecule has 0 N–H and O–H groups in total. The van der Waals surface area contributed by atoms with Gasteiger partial charge in [-0.1, -0.05) is 103 Å². The van der Waals surface area contributed by atoms with E-state index in [9.17, 15) is 13.0 Å². The molecule has 7 heteroatoms. The van der Waals surface area contributed by atoms with Gasteiger partial charge in [0.25, 0.3) is 5.82 Å². The number of aryl methyl sites for hydroxylation is 2. The van der Waals surface area contributed by atoms with Gasteiger partial charge in [0.15, 0.2) is 0 Å². The number of hydrogen-bond donors (Lipinski definition) is 0. The van der Waals surface area contributed by atoms with Crippen LogP contribution in [0.4, 0.5) is 0 Å². The van der Waals surface area contributed by atoms with Gasteiger partial charge in [0, 0.05) is 6.42 Å². The van der Waals surface area contributed by atoms with Crippen molar-refractivity contribution < 1.29 is 21.7 Å². The predicted octanol–water partition coefficient (Wildman–Crippen LogP) is 5.75. The number of nitrogens with zero attached hydrogens (tertiary/aromatic N) is 2. The lowest BCUT2D eigenvalue weighted by Gasteiger charge is -2.03. The highest BCUT2D eigenvalue weighted by molar-refractivity contribution is 7.80. The summed E-state index contributed by atoms with van der Waals surface area (Å²) >= 11 is 0. The maximum absolute atomic E-state index is 9.22. The Morgan fingerprint density at radius 2 is 1.19 bits per heavy atom. The number of aromatic nitrogens is 2. The van der Waals surface area contributed by atoms with Gasteiger partial charge < -0.3 is 4.55 Å². The normalized spacial score (nSPS) is 11.4. The highest BCUT2D eigenvalue weighted by Crippen LogP contribution is 2.14. The molecule has 0 fully saturated rings. The second kappa shape index (κ2) is 19.7. The van der Waals surface area contributed by atoms with Crippen LogP contribution in [0, 0.1) is 0 Å². The van der Waals surface area contributed by atoms with Crippen molar-refractivity contribution >= 4 is 10.4 Å². The van der Waals surface area contributed by atoms with E-state index in [1.165, 1.54) is 115 Å². The van der Waals surface area contributed by atoms with Crippen molar-refractivity contribution in [2.45, 2.75) is 116 Å². The number of unbranched alkanes of at least 4 members (excludes halogenated alkanes) is 15. The first-order valence-corrected chi connectivity index (χ1v) is 13.7. The molecule has 0 saturated carbocycles. The van der Waals surface area contributed by atoms with Crippen LogP contribution in [-0.2, 0) is 35.1 Å². The summed E-state index contributed by atoms with van der Waals surface area (Å²) in [6, 6.07) is 0. The second-order valence-corrected chi connectivity index (χ2v) is 9.71. The van der Waals surface area contributed by atoms with Crippen molar-refractivity contribution in [2.24, 2.45) is 14.1 Å². The van der Waals surface area contributed by atoms with Crippen molar-refractivity contribution in [3.8, 4) is 0 Å². The summed E-state index contributed by atoms with van der Waals surface area (Å²) < 4.78 is 35.5. The first-order chi connectivity index (χ1) is 14.8. The average Bonchev–Trinajstić information content (AvgIpc) is 3.05. The molecule has 0 unspecified atom stereocenters. The molecule has 1 aromatic heterocycles. The zero-order valence-electron chi connectivity index (χ0n) is 20.6. The minimum atomic E-state index is -4.41. The lowest BCUT2D eigenvalue weighted by molar-refractivity contribution is -0.678. The fourth-order valence-corrected chi connectivity index (χ4v) is 3.80. The summed E-state index contributed by atoms with van der Waals surface area (Å²) in [5, 5.41) is 0. The van der Waals surface area contributed by atoms with Gasteiger partial charge >= 0.3 is 0 Å². The Kier molecular flexibility index (Phi) is 19.2. The van der Waals surface area contributed by atoms with Gasteiger partial charge in [-0.25, -0.2) is 17.6 Å². The molecule has 0 aromatic carbocycles. The number of rotatable bonds is 18. The van der Waals surface area contributed by atoms with Crippen LogP contribution in [0.3, 0.4) is 0 Å². The van der Waals surface area contributed by atoms with Crippen molar-refractivity contribution in [1.82, 2.24) is 4.57 Å². The summed E-state index contributed by atoms with van der Waals surface area (Å²) in [5.41, 5.74) is 0. The first-order valence-electron chi connectivity index (χ1n) is 12.3. The zero-order valence-corrected chi connectivity index (χ0v) is 21.4. The Balaban J connectivity index is 0.00000131. The van der Waals surface area contributed by atoms with Crippen molar-refractivity contribution in [2.75, 3.05) is 7.11 Å². The monoisotopic (exact) mass is 460 g/mol. The molecule has 1 aromatic rings. The van der Waals surface area contributed by atoms with Gasteiger partial charge in [-0.3, -0.25) is 4.18 Å². The van der Waals surface area contributed by atoms with Gasteiger partial charge in [0.05, 0.1) is 21.2 Å². The molecule has 0 aliphatic rings. The molecule has 0 amide bonds. The first kappa shape index (κ1) is 30.1. The third-order valence-corrected chi connectivity index (χ3v) is 6.19. The Bertz CT molecular complexity index is 610. The molecular formula is C24H48N2O4S. The minimum absolute atomic E-state index is 0.808. The van der Waals surface area contributed by atoms with Crippen LogP contribution < -0.4 is 4.57 Å². The Labute approximate surface area is 192 Å². The summed E-state index contributed by atoms with van der Waals surface area (Å²) in [5.74, 6) is 1.45. The Morgan fingerprint density at radius 3 is 1.48 bits per heavy atom. The third-order valence-electron chi connectivity index (χ3n) is 5.79. The molecule has 0 bridgehead atoms. The lowest BCUT2D eigenvalue weighted by atomic mass is 10.0. The van der Waals surface area contributed by atoms with Gasteiger partial charge in [0.2, 0.25) is 10.4 Å². The summed E-state index contributed by atoms with van der Waals surface area (Å²) in [6.45, 7) is 2.30. The van der Waals surface area contributed by atoms with E-state index in [1.807, 2.05) is 0 Å². The van der Waals surface area contributed by atoms with E-state index in [0.717, 1.165) is 7.11 Å². The smallest absolute Gasteiger partial charge is 0.255 e. The van der Waals surface area contributed by atoms with E-state index >= 15 is 0 Å². The molecule has 0 saturated heterocycles. The van der Waals surface area contributed by atoms with E-state index < -0.39 is 10.4 Å². The lowest BCUT2D eigenvalue weighted by Crippen LogP contribution is -2.31. The summed E-state index contributed by atoms with van der Waals surface area (Å²) in [4.78, 5) is 0. The van der Waals surface area contributed by atoms with Gasteiger partial charge in [-0.2, -0.15) is 0 Å². The van der Waals surface area contributed by atoms with Crippen LogP contribution in [0.2, 0.25) is 0 Å². The molecule has 0 radical (unpaired) electrons. The highest BCUT2D eigenvalue weighted by Gasteiger charge is 2.09. The predicted molar refractivity (Wildman–Crippen MR) is 127 cm³/mol. The number of hydrogen-bond acceptors (Lipinski definition) is 4. The summed E-state index contributed by atoms with van der Waals surface area (Å²) in [6.07, 6.45) is 28.6. The van der Waals surface area contributed by atoms with Crippen molar-refractivity contribution in [3.63, 3.8) is 0 Å². The average molecular weight is 461 g/mol. The molecule has 0 spiro atoms. The minimum Gasteiger partial charge on any atom is -0.726 e. The molecule has 0 aliphatic heterocycles. The van der Waals surface area contributed by atoms with Crippen molar-refractivity contribution in [3.05, 3.63) is 18.2 Å². The van der Waals surface area contributed by atoms with Crippen LogP contribution in [0.25, 0.3) is 0 Å². The molecule has 0 atom stereocenters. The molecule has 0 aliphatic carbocycles. The molecule has 31 heavy (non-hydrogen) atoms. The maximum Gasteiger partial charge on any atom is 0.255 e. The Morgan fingerprint density at radius 1 is 0.839 bits per heavy atom. The fourth-order valence-electron chi connectivity index (χ4n) is 3.80. The quantitative estimate of drug-likeness (QED) is 0.121. The standard InChI is InChI=1S/C23H45N2.CH4O4S/c1-4-5-6-7-8-9-10-11-12-13-14-15-16-17-18-19-20-23-24(2)21-22-25(23)3;1-5-6(2,3)4/h21-22H,4-20H2,1-3H3;1H3,(H,2,3,4)/q+1;/p-1. The molecule has 6 nitrogen and oxygen atoms in total. The van der Waals surface area contributed by atoms with E-state index in [-0.39, 0.29) is 0 Å². The van der Waals surface area contributed by atoms with E-state index in [2.05, 4.69) is 46.7 Å². The molecular weight excluding hydrogens is 412 g/mol. The SMILES string of the molecule is CCCCCCCCCCCCCCCCCCc1n(C)cc[n+]1C.COS(=O)(=O)[O-]. The van der Waals surface area contributed by atoms with Gasteiger partial charge in [0.1, 0.15) is 12.4 Å². The number of imidazole rings is 1. The Hall–Kier alpha value is -0.920. The summed E-state index contributed by atoms with van der Waals surface area (Å²) in [7, 11) is 0.705. The van der Waals surface area contributed by atoms with E-state index in [0.29, 0.717) is 0 Å². The third kappa shape index (κ3) is 19.5. The van der Waals surface area contributed by atoms with Crippen LogP contribution in [0.1, 0.15) is 115 Å². The van der Waals surface area contributed by atoms with Crippen LogP contribution in [-0.4, -0.2) is 24.6 Å². The largest absolute Gasteiger partial charge is 0.726 e. The topological polar surface area (TPSA) is 75.2 Å². The maximum atomic E-state index is 9.22. The van der Waals surface area contributed by atoms with Crippen LogP contribution in [0.15, 0.2) is 12.4 Å². The van der Waals surface area contributed by atoms with E-state index in [4.69, 9.17) is 0 Å². The van der Waals surface area contributed by atoms with Crippen LogP contribution >= 0.6 is 0 Å². The molecule has 1 rings (SSSR count). The fraction of sp³-hybridized carbons (Fsp3) is 0.875. The zero-order chi connectivity index (χ0) is 23.4.